The third-order valence-electron chi connectivity index (χ3n) is 12.3. The summed E-state index contributed by atoms with van der Waals surface area (Å²) in [5.74, 6) is -0.830. The highest BCUT2D eigenvalue weighted by molar-refractivity contribution is 7.47. The number of hydrogen-bond acceptors (Lipinski definition) is 8. The molecule has 0 aromatic heterocycles. The van der Waals surface area contributed by atoms with E-state index in [9.17, 15) is 19.0 Å². The van der Waals surface area contributed by atoms with Crippen molar-refractivity contribution < 1.29 is 37.6 Å². The zero-order chi connectivity index (χ0) is 51.0. The fourth-order valence-corrected chi connectivity index (χ4v) is 8.84. The number of phosphoric ester groups is 1. The van der Waals surface area contributed by atoms with Crippen LogP contribution in [0.1, 0.15) is 264 Å². The van der Waals surface area contributed by atoms with Gasteiger partial charge in [0.15, 0.2) is 6.10 Å². The highest BCUT2D eigenvalue weighted by Gasteiger charge is 2.26. The lowest BCUT2D eigenvalue weighted by atomic mass is 10.0. The van der Waals surface area contributed by atoms with E-state index in [-0.39, 0.29) is 38.6 Å². The Morgan fingerprint density at radius 3 is 1.17 bits per heavy atom. The van der Waals surface area contributed by atoms with Crippen LogP contribution in [0.25, 0.3) is 0 Å². The number of phosphoric acid groups is 1. The fourth-order valence-electron chi connectivity index (χ4n) is 8.07. The Morgan fingerprint density at radius 2 is 0.786 bits per heavy atom. The molecule has 0 rings (SSSR count). The molecule has 0 aliphatic rings. The Balaban J connectivity index is 3.92. The maximum atomic E-state index is 12.7. The minimum Gasteiger partial charge on any atom is -0.462 e. The normalized spacial score (nSPS) is 13.6. The first kappa shape index (κ1) is 67.5. The largest absolute Gasteiger partial charge is 0.472 e. The third kappa shape index (κ3) is 54.8. The molecule has 0 radical (unpaired) electrons. The molecular formula is C60H108NO8P. The second-order valence-electron chi connectivity index (χ2n) is 19.1. The molecule has 0 saturated heterocycles. The Kier molecular flexibility index (Phi) is 53.7. The molecule has 10 heteroatoms. The van der Waals surface area contributed by atoms with Gasteiger partial charge in [0.25, 0.3) is 0 Å². The highest BCUT2D eigenvalue weighted by atomic mass is 31.2. The summed E-state index contributed by atoms with van der Waals surface area (Å²) in [6.45, 7) is 3.63. The van der Waals surface area contributed by atoms with Crippen LogP contribution in [-0.4, -0.2) is 49.3 Å². The van der Waals surface area contributed by atoms with Crippen LogP contribution in [0.3, 0.4) is 0 Å². The number of nitrogens with two attached hydrogens (primary N) is 1. The molecule has 0 aliphatic heterocycles. The molecule has 0 fully saturated rings. The number of hydrogen-bond donors (Lipinski definition) is 2. The van der Waals surface area contributed by atoms with Crippen molar-refractivity contribution >= 4 is 19.8 Å². The Labute approximate surface area is 431 Å². The number of allylic oxidation sites excluding steroid dienone is 12. The zero-order valence-corrected chi connectivity index (χ0v) is 46.1. The van der Waals surface area contributed by atoms with Gasteiger partial charge < -0.3 is 20.1 Å². The van der Waals surface area contributed by atoms with Crippen LogP contribution in [0.5, 0.6) is 0 Å². The maximum Gasteiger partial charge on any atom is 0.472 e. The molecule has 406 valence electrons. The van der Waals surface area contributed by atoms with E-state index in [1.54, 1.807) is 0 Å². The smallest absolute Gasteiger partial charge is 0.462 e. The molecule has 2 atom stereocenters. The van der Waals surface area contributed by atoms with Crippen LogP contribution >= 0.6 is 7.82 Å². The van der Waals surface area contributed by atoms with Gasteiger partial charge in [-0.25, -0.2) is 4.57 Å². The van der Waals surface area contributed by atoms with Crippen LogP contribution < -0.4 is 5.73 Å². The van der Waals surface area contributed by atoms with Crippen LogP contribution in [0.2, 0.25) is 0 Å². The second kappa shape index (κ2) is 55.8. The summed E-state index contributed by atoms with van der Waals surface area (Å²) in [5.41, 5.74) is 5.38. The van der Waals surface area contributed by atoms with Gasteiger partial charge >= 0.3 is 19.8 Å². The first-order chi connectivity index (χ1) is 34.3. The topological polar surface area (TPSA) is 134 Å². The molecule has 0 amide bonds. The number of carbonyl (C=O) groups excluding carboxylic acids is 2. The van der Waals surface area contributed by atoms with Crippen molar-refractivity contribution in [2.45, 2.75) is 270 Å². The van der Waals surface area contributed by atoms with Crippen molar-refractivity contribution in [3.8, 4) is 0 Å². The van der Waals surface area contributed by atoms with E-state index in [0.717, 1.165) is 83.5 Å². The molecular weight excluding hydrogens is 894 g/mol. The van der Waals surface area contributed by atoms with E-state index >= 15 is 0 Å². The van der Waals surface area contributed by atoms with Crippen LogP contribution in [0.15, 0.2) is 72.9 Å². The van der Waals surface area contributed by atoms with Crippen LogP contribution in [0.4, 0.5) is 0 Å². The predicted octanol–water partition coefficient (Wildman–Crippen LogP) is 18.1. The van der Waals surface area contributed by atoms with Crippen molar-refractivity contribution in [3.63, 3.8) is 0 Å². The third-order valence-corrected chi connectivity index (χ3v) is 13.3. The van der Waals surface area contributed by atoms with Gasteiger partial charge in [-0.15, -0.1) is 0 Å². The van der Waals surface area contributed by atoms with Crippen molar-refractivity contribution in [2.24, 2.45) is 5.73 Å². The molecule has 0 aliphatic carbocycles. The molecule has 0 aromatic rings. The molecule has 2 unspecified atom stereocenters. The summed E-state index contributed by atoms with van der Waals surface area (Å²) in [6.07, 6.45) is 71.0. The highest BCUT2D eigenvalue weighted by Crippen LogP contribution is 2.43. The van der Waals surface area contributed by atoms with Gasteiger partial charge in [-0.05, 0) is 83.5 Å². The Morgan fingerprint density at radius 1 is 0.443 bits per heavy atom. The minimum absolute atomic E-state index is 0.0511. The molecule has 3 N–H and O–H groups in total. The number of rotatable bonds is 54. The summed E-state index contributed by atoms with van der Waals surface area (Å²) in [5, 5.41) is 0. The first-order valence-corrected chi connectivity index (χ1v) is 30.4. The summed E-state index contributed by atoms with van der Waals surface area (Å²) >= 11 is 0. The summed E-state index contributed by atoms with van der Waals surface area (Å²) in [7, 11) is -4.39. The maximum absolute atomic E-state index is 12.7. The second-order valence-corrected chi connectivity index (χ2v) is 20.6. The molecule has 0 saturated carbocycles. The van der Waals surface area contributed by atoms with Gasteiger partial charge in [0.1, 0.15) is 6.61 Å². The lowest BCUT2D eigenvalue weighted by molar-refractivity contribution is -0.161. The van der Waals surface area contributed by atoms with E-state index in [1.807, 2.05) is 0 Å². The molecule has 0 heterocycles. The van der Waals surface area contributed by atoms with Crippen molar-refractivity contribution in [2.75, 3.05) is 26.4 Å². The van der Waals surface area contributed by atoms with Crippen molar-refractivity contribution in [1.29, 1.82) is 0 Å². The average molecular weight is 1000 g/mol. The van der Waals surface area contributed by atoms with Gasteiger partial charge in [-0.2, -0.15) is 0 Å². The molecule has 0 aromatic carbocycles. The molecule has 0 bridgehead atoms. The van der Waals surface area contributed by atoms with Crippen LogP contribution in [-0.2, 0) is 32.7 Å². The van der Waals surface area contributed by atoms with Crippen LogP contribution in [0, 0.1) is 0 Å². The molecule has 0 spiro atoms. The number of ether oxygens (including phenoxy) is 2. The molecule has 70 heavy (non-hydrogen) atoms. The summed E-state index contributed by atoms with van der Waals surface area (Å²) < 4.78 is 33.0. The standard InChI is InChI=1S/C60H108NO8P/c1-3-5-7-9-11-13-15-17-19-21-23-24-25-26-27-28-29-30-31-32-33-34-35-37-39-41-43-45-47-49-51-53-60(63)69-58(57-68-70(64,65)67-55-54-61)56-66-59(62)52-50-48-46-44-42-40-38-36-22-20-18-16-14-12-10-8-6-4-2/h5,7,11,13-14,16-17,19-20,22-24,58H,3-4,6,8-10,12,15,18,21,25-57,61H2,1-2H3,(H,64,65)/b7-5-,13-11-,16-14-,19-17-,22-20-,24-23-. The predicted molar refractivity (Wildman–Crippen MR) is 298 cm³/mol. The van der Waals surface area contributed by atoms with Gasteiger partial charge in [0.2, 0.25) is 0 Å². The average Bonchev–Trinajstić information content (AvgIpc) is 3.35. The van der Waals surface area contributed by atoms with Gasteiger partial charge in [-0.3, -0.25) is 18.6 Å². The van der Waals surface area contributed by atoms with Gasteiger partial charge in [-0.1, -0.05) is 241 Å². The van der Waals surface area contributed by atoms with Gasteiger partial charge in [0.05, 0.1) is 13.2 Å². The lowest BCUT2D eigenvalue weighted by Gasteiger charge is -2.19. The van der Waals surface area contributed by atoms with E-state index < -0.39 is 26.5 Å². The number of esters is 2. The van der Waals surface area contributed by atoms with E-state index in [2.05, 4.69) is 86.8 Å². The first-order valence-electron chi connectivity index (χ1n) is 28.9. The number of unbranched alkanes of at least 4 members (excludes halogenated alkanes) is 29. The quantitative estimate of drug-likeness (QED) is 0.0264. The SMILES string of the molecule is CC/C=C\C/C=C\C/C=C\C/C=C\CCCCCCCCCCCCCCCCCCCCC(=O)OC(COC(=O)CCCCCCCCC/C=C\C/C=C\CCCCCC)COP(=O)(O)OCCN. The Bertz CT molecular complexity index is 1370. The van der Waals surface area contributed by atoms with E-state index in [0.29, 0.717) is 6.42 Å². The number of carbonyl (C=O) groups is 2. The monoisotopic (exact) mass is 1000 g/mol. The minimum atomic E-state index is -4.39. The van der Waals surface area contributed by atoms with E-state index in [4.69, 9.17) is 24.3 Å². The van der Waals surface area contributed by atoms with Crippen molar-refractivity contribution in [1.82, 2.24) is 0 Å². The lowest BCUT2D eigenvalue weighted by Crippen LogP contribution is -2.29. The fraction of sp³-hybridized carbons (Fsp3) is 0.767. The summed E-state index contributed by atoms with van der Waals surface area (Å²) in [6, 6.07) is 0. The van der Waals surface area contributed by atoms with Crippen molar-refractivity contribution in [3.05, 3.63) is 72.9 Å². The zero-order valence-electron chi connectivity index (χ0n) is 45.2. The van der Waals surface area contributed by atoms with E-state index in [1.165, 1.54) is 148 Å². The Hall–Kier alpha value is -2.55. The molecule has 9 nitrogen and oxygen atoms in total. The van der Waals surface area contributed by atoms with Gasteiger partial charge in [0, 0.05) is 19.4 Å². The summed E-state index contributed by atoms with van der Waals surface area (Å²) in [4.78, 5) is 35.2.